The normalized spacial score (nSPS) is 9.20. The standard InChI is InChI=1S/2C7H6O3.H2/c2*8-6-3-1-2-5(4-6)7(9)10;/h2*1-4,8H,(H,9,10);1H. The monoisotopic (exact) mass is 278 g/mol. The molecule has 20 heavy (non-hydrogen) atoms. The van der Waals surface area contributed by atoms with E-state index in [1.54, 1.807) is 0 Å². The summed E-state index contributed by atoms with van der Waals surface area (Å²) in [6, 6.07) is 11.0. The third-order valence-electron chi connectivity index (χ3n) is 2.19. The van der Waals surface area contributed by atoms with Crippen molar-refractivity contribution in [3.63, 3.8) is 0 Å². The number of carbonyl (C=O) groups is 2. The molecule has 106 valence electrons. The molecule has 6 heteroatoms. The van der Waals surface area contributed by atoms with Gasteiger partial charge in [-0.25, -0.2) is 9.59 Å². The molecule has 0 saturated carbocycles. The fourth-order valence-electron chi connectivity index (χ4n) is 1.28. The summed E-state index contributed by atoms with van der Waals surface area (Å²) >= 11 is 0. The van der Waals surface area contributed by atoms with Gasteiger partial charge in [-0.15, -0.1) is 0 Å². The Morgan fingerprint density at radius 1 is 0.750 bits per heavy atom. The maximum atomic E-state index is 10.2. The van der Waals surface area contributed by atoms with Crippen molar-refractivity contribution in [1.29, 1.82) is 0 Å². The lowest BCUT2D eigenvalue weighted by molar-refractivity contribution is 0.0685. The number of benzene rings is 2. The van der Waals surface area contributed by atoms with Gasteiger partial charge in [0.1, 0.15) is 11.5 Å². The van der Waals surface area contributed by atoms with Crippen LogP contribution in [-0.4, -0.2) is 32.4 Å². The topological polar surface area (TPSA) is 115 Å². The molecular weight excluding hydrogens is 264 g/mol. The molecule has 0 radical (unpaired) electrons. The van der Waals surface area contributed by atoms with Crippen LogP contribution in [0.15, 0.2) is 48.5 Å². The maximum absolute atomic E-state index is 10.2. The van der Waals surface area contributed by atoms with Crippen LogP contribution in [0.3, 0.4) is 0 Å². The molecule has 0 amide bonds. The third-order valence-corrected chi connectivity index (χ3v) is 2.19. The Morgan fingerprint density at radius 3 is 1.30 bits per heavy atom. The van der Waals surface area contributed by atoms with E-state index in [4.69, 9.17) is 20.4 Å². The first-order valence-corrected chi connectivity index (χ1v) is 5.45. The predicted octanol–water partition coefficient (Wildman–Crippen LogP) is 2.43. The highest BCUT2D eigenvalue weighted by Gasteiger charge is 2.01. The van der Waals surface area contributed by atoms with E-state index < -0.39 is 11.9 Å². The highest BCUT2D eigenvalue weighted by atomic mass is 16.4. The number of phenols is 2. The summed E-state index contributed by atoms with van der Waals surface area (Å²) in [7, 11) is 0. The van der Waals surface area contributed by atoms with Gasteiger partial charge in [0.25, 0.3) is 0 Å². The molecular formula is C14H14O6. The van der Waals surface area contributed by atoms with Gasteiger partial charge in [0.2, 0.25) is 0 Å². The molecule has 0 bridgehead atoms. The molecule has 0 spiro atoms. The summed E-state index contributed by atoms with van der Waals surface area (Å²) in [5.41, 5.74) is 0.194. The number of rotatable bonds is 2. The Hall–Kier alpha value is -3.02. The lowest BCUT2D eigenvalue weighted by Gasteiger charge is -1.92. The van der Waals surface area contributed by atoms with Crippen molar-refractivity contribution in [2.24, 2.45) is 0 Å². The number of carboxylic acids is 2. The minimum atomic E-state index is -1.03. The van der Waals surface area contributed by atoms with Crippen LogP contribution in [0.2, 0.25) is 0 Å². The molecule has 0 atom stereocenters. The van der Waals surface area contributed by atoms with Crippen LogP contribution in [0.5, 0.6) is 11.5 Å². The van der Waals surface area contributed by atoms with Crippen LogP contribution in [0.25, 0.3) is 0 Å². The van der Waals surface area contributed by atoms with E-state index in [0.717, 1.165) is 0 Å². The first-order valence-electron chi connectivity index (χ1n) is 5.45. The molecule has 4 N–H and O–H groups in total. The summed E-state index contributed by atoms with van der Waals surface area (Å²) in [5.74, 6) is -2.12. The van der Waals surface area contributed by atoms with Crippen molar-refractivity contribution in [3.8, 4) is 11.5 Å². The second-order valence-electron chi connectivity index (χ2n) is 3.71. The zero-order valence-electron chi connectivity index (χ0n) is 10.2. The SMILES string of the molecule is O=C(O)c1cccc(O)c1.O=C(O)c1cccc(O)c1.[HH]. The lowest BCUT2D eigenvalue weighted by atomic mass is 10.2. The van der Waals surface area contributed by atoms with Gasteiger partial charge >= 0.3 is 11.9 Å². The lowest BCUT2D eigenvalue weighted by Crippen LogP contribution is -1.94. The molecule has 6 nitrogen and oxygen atoms in total. The highest BCUT2D eigenvalue weighted by Crippen LogP contribution is 2.10. The number of hydrogen-bond donors (Lipinski definition) is 4. The van der Waals surface area contributed by atoms with Crippen LogP contribution in [-0.2, 0) is 0 Å². The molecule has 0 unspecified atom stereocenters. The Balaban J connectivity index is 0.000000364. The zero-order valence-corrected chi connectivity index (χ0v) is 10.2. The fourth-order valence-corrected chi connectivity index (χ4v) is 1.28. The van der Waals surface area contributed by atoms with Gasteiger partial charge in [0.15, 0.2) is 0 Å². The van der Waals surface area contributed by atoms with Crippen LogP contribution in [0.1, 0.15) is 22.1 Å². The van der Waals surface area contributed by atoms with E-state index in [0.29, 0.717) is 0 Å². The average Bonchev–Trinajstić information content (AvgIpc) is 2.39. The molecule has 0 fully saturated rings. The first-order chi connectivity index (χ1) is 9.40. The van der Waals surface area contributed by atoms with E-state index >= 15 is 0 Å². The summed E-state index contributed by atoms with van der Waals surface area (Å²) < 4.78 is 0. The van der Waals surface area contributed by atoms with Gasteiger partial charge in [-0.3, -0.25) is 0 Å². The second-order valence-corrected chi connectivity index (χ2v) is 3.71. The smallest absolute Gasteiger partial charge is 0.335 e. The van der Waals surface area contributed by atoms with Crippen molar-refractivity contribution < 1.29 is 31.4 Å². The molecule has 2 rings (SSSR count). The predicted molar refractivity (Wildman–Crippen MR) is 72.2 cm³/mol. The summed E-state index contributed by atoms with van der Waals surface area (Å²) in [5, 5.41) is 34.4. The van der Waals surface area contributed by atoms with Crippen LogP contribution >= 0.6 is 0 Å². The fraction of sp³-hybridized carbons (Fsp3) is 0. The molecule has 0 aromatic heterocycles. The van der Waals surface area contributed by atoms with Gasteiger partial charge in [-0.2, -0.15) is 0 Å². The van der Waals surface area contributed by atoms with Crippen molar-refractivity contribution in [1.82, 2.24) is 0 Å². The Morgan fingerprint density at radius 2 is 1.10 bits per heavy atom. The van der Waals surface area contributed by atoms with Crippen molar-refractivity contribution >= 4 is 11.9 Å². The van der Waals surface area contributed by atoms with Crippen molar-refractivity contribution in [2.45, 2.75) is 0 Å². The van der Waals surface area contributed by atoms with E-state index in [1.807, 2.05) is 0 Å². The van der Waals surface area contributed by atoms with Crippen molar-refractivity contribution in [3.05, 3.63) is 59.7 Å². The molecule has 2 aromatic carbocycles. The Kier molecular flexibility index (Phi) is 5.11. The zero-order chi connectivity index (χ0) is 15.1. The highest BCUT2D eigenvalue weighted by molar-refractivity contribution is 5.88. The molecule has 0 saturated heterocycles. The van der Waals surface area contributed by atoms with E-state index in [9.17, 15) is 9.59 Å². The van der Waals surface area contributed by atoms with E-state index in [2.05, 4.69) is 0 Å². The van der Waals surface area contributed by atoms with Crippen LogP contribution < -0.4 is 0 Å². The number of hydrogen-bond acceptors (Lipinski definition) is 4. The van der Waals surface area contributed by atoms with E-state index in [-0.39, 0.29) is 24.1 Å². The number of carboxylic acid groups (broad SMARTS) is 2. The van der Waals surface area contributed by atoms with Gasteiger partial charge in [-0.1, -0.05) is 12.1 Å². The van der Waals surface area contributed by atoms with Gasteiger partial charge < -0.3 is 20.4 Å². The van der Waals surface area contributed by atoms with Crippen LogP contribution in [0, 0.1) is 0 Å². The quantitative estimate of drug-likeness (QED) is 0.670. The molecule has 0 heterocycles. The van der Waals surface area contributed by atoms with Gasteiger partial charge in [0, 0.05) is 1.43 Å². The Bertz CT molecular complexity index is 571. The average molecular weight is 278 g/mol. The van der Waals surface area contributed by atoms with Crippen molar-refractivity contribution in [2.75, 3.05) is 0 Å². The first kappa shape index (κ1) is 15.0. The Labute approximate surface area is 115 Å². The van der Waals surface area contributed by atoms with Crippen LogP contribution in [0.4, 0.5) is 0 Å². The summed E-state index contributed by atoms with van der Waals surface area (Å²) in [6.07, 6.45) is 0. The van der Waals surface area contributed by atoms with Gasteiger partial charge in [-0.05, 0) is 36.4 Å². The molecule has 0 aliphatic rings. The number of aromatic carboxylic acids is 2. The maximum Gasteiger partial charge on any atom is 0.335 e. The van der Waals surface area contributed by atoms with Gasteiger partial charge in [0.05, 0.1) is 11.1 Å². The minimum Gasteiger partial charge on any atom is -0.508 e. The largest absolute Gasteiger partial charge is 0.508 e. The van der Waals surface area contributed by atoms with E-state index in [1.165, 1.54) is 48.5 Å². The molecule has 0 aliphatic heterocycles. The molecule has 0 aliphatic carbocycles. The minimum absolute atomic E-state index is 0. The summed E-state index contributed by atoms with van der Waals surface area (Å²) in [6.45, 7) is 0. The number of aromatic hydroxyl groups is 2. The second kappa shape index (κ2) is 6.79. The third kappa shape index (κ3) is 4.69. The number of phenolic OH excluding ortho intramolecular Hbond substituents is 2. The summed E-state index contributed by atoms with van der Waals surface area (Å²) in [4.78, 5) is 20.5. The molecule has 2 aromatic rings.